The van der Waals surface area contributed by atoms with Gasteiger partial charge in [-0.15, -0.1) is 0 Å². The van der Waals surface area contributed by atoms with Crippen LogP contribution in [0.4, 0.5) is 0 Å². The van der Waals surface area contributed by atoms with Crippen LogP contribution in [0.3, 0.4) is 0 Å². The molecule has 7 nitrogen and oxygen atoms in total. The lowest BCUT2D eigenvalue weighted by molar-refractivity contribution is -0.138. The molecule has 0 saturated carbocycles. The van der Waals surface area contributed by atoms with Gasteiger partial charge in [-0.3, -0.25) is 9.59 Å². The van der Waals surface area contributed by atoms with Crippen LogP contribution in [-0.4, -0.2) is 87.7 Å². The Balaban J connectivity index is 2.33. The number of carbonyl (C=O) groups is 2. The second-order valence-electron chi connectivity index (χ2n) is 5.39. The van der Waals surface area contributed by atoms with Crippen molar-refractivity contribution in [1.82, 2.24) is 20.4 Å². The molecule has 1 heterocycles. The molecule has 0 aliphatic carbocycles. The highest BCUT2D eigenvalue weighted by atomic mass is 16.5. The second kappa shape index (κ2) is 9.70. The smallest absolute Gasteiger partial charge is 0.240 e. The van der Waals surface area contributed by atoms with Crippen molar-refractivity contribution in [2.45, 2.75) is 19.4 Å². The van der Waals surface area contributed by atoms with E-state index in [0.717, 1.165) is 6.54 Å². The molecule has 122 valence electrons. The molecule has 21 heavy (non-hydrogen) atoms. The van der Waals surface area contributed by atoms with Crippen LogP contribution in [0.5, 0.6) is 0 Å². The molecule has 2 amide bonds. The number of rotatable bonds is 9. The standard InChI is InChI=1S/C14H28N4O3/c1-4-21-10-9-18-8-6-15-12(14(18)20)11-13(19)16-5-7-17(2)3/h12,15H,4-11H2,1-3H3,(H,16,19). The number of likely N-dealkylation sites (N-methyl/N-ethyl adjacent to an activating group) is 1. The lowest BCUT2D eigenvalue weighted by atomic mass is 10.1. The van der Waals surface area contributed by atoms with Crippen molar-refractivity contribution in [1.29, 1.82) is 0 Å². The summed E-state index contributed by atoms with van der Waals surface area (Å²) in [6.07, 6.45) is 0.192. The topological polar surface area (TPSA) is 73.9 Å². The van der Waals surface area contributed by atoms with Crippen molar-refractivity contribution in [2.75, 3.05) is 60.0 Å². The summed E-state index contributed by atoms with van der Waals surface area (Å²) in [6, 6.07) is -0.417. The van der Waals surface area contributed by atoms with Gasteiger partial charge in [0, 0.05) is 39.3 Å². The Kier molecular flexibility index (Phi) is 8.26. The Morgan fingerprint density at radius 3 is 2.95 bits per heavy atom. The van der Waals surface area contributed by atoms with Crippen molar-refractivity contribution < 1.29 is 14.3 Å². The van der Waals surface area contributed by atoms with E-state index in [1.165, 1.54) is 0 Å². The number of carbonyl (C=O) groups excluding carboxylic acids is 2. The van der Waals surface area contributed by atoms with Gasteiger partial charge in [-0.25, -0.2) is 0 Å². The first-order valence-electron chi connectivity index (χ1n) is 7.56. The van der Waals surface area contributed by atoms with Crippen LogP contribution in [-0.2, 0) is 14.3 Å². The van der Waals surface area contributed by atoms with E-state index in [-0.39, 0.29) is 18.2 Å². The molecule has 1 rings (SSSR count). The maximum Gasteiger partial charge on any atom is 0.240 e. The Labute approximate surface area is 127 Å². The summed E-state index contributed by atoms with van der Waals surface area (Å²) in [5.74, 6) is -0.0990. The fourth-order valence-corrected chi connectivity index (χ4v) is 2.17. The molecule has 1 aliphatic heterocycles. The van der Waals surface area contributed by atoms with Crippen molar-refractivity contribution >= 4 is 11.8 Å². The van der Waals surface area contributed by atoms with Gasteiger partial charge in [-0.2, -0.15) is 0 Å². The fourth-order valence-electron chi connectivity index (χ4n) is 2.17. The van der Waals surface area contributed by atoms with E-state index < -0.39 is 6.04 Å². The highest BCUT2D eigenvalue weighted by Crippen LogP contribution is 2.05. The molecule has 1 unspecified atom stereocenters. The van der Waals surface area contributed by atoms with E-state index in [1.807, 2.05) is 25.9 Å². The maximum absolute atomic E-state index is 12.3. The van der Waals surface area contributed by atoms with Crippen LogP contribution in [0.15, 0.2) is 0 Å². The van der Waals surface area contributed by atoms with Crippen molar-refractivity contribution in [3.8, 4) is 0 Å². The molecule has 0 bridgehead atoms. The number of amides is 2. The van der Waals surface area contributed by atoms with E-state index in [0.29, 0.717) is 39.4 Å². The molecule has 0 aromatic carbocycles. The average Bonchev–Trinajstić information content (AvgIpc) is 2.42. The summed E-state index contributed by atoms with van der Waals surface area (Å²) in [6.45, 7) is 6.49. The average molecular weight is 300 g/mol. The molecule has 0 radical (unpaired) electrons. The number of hydrogen-bond donors (Lipinski definition) is 2. The first-order chi connectivity index (χ1) is 10.0. The van der Waals surface area contributed by atoms with Gasteiger partial charge in [-0.05, 0) is 21.0 Å². The van der Waals surface area contributed by atoms with E-state index in [4.69, 9.17) is 4.74 Å². The highest BCUT2D eigenvalue weighted by molar-refractivity contribution is 5.88. The summed E-state index contributed by atoms with van der Waals surface area (Å²) >= 11 is 0. The van der Waals surface area contributed by atoms with Gasteiger partial charge in [0.2, 0.25) is 11.8 Å². The van der Waals surface area contributed by atoms with Gasteiger partial charge in [0.1, 0.15) is 0 Å². The highest BCUT2D eigenvalue weighted by Gasteiger charge is 2.29. The Bertz CT molecular complexity index is 336. The van der Waals surface area contributed by atoms with Crippen molar-refractivity contribution in [3.63, 3.8) is 0 Å². The monoisotopic (exact) mass is 300 g/mol. The second-order valence-corrected chi connectivity index (χ2v) is 5.39. The Hall–Kier alpha value is -1.18. The van der Waals surface area contributed by atoms with Gasteiger partial charge in [0.25, 0.3) is 0 Å². The zero-order chi connectivity index (χ0) is 15.7. The number of ether oxygens (including phenoxy) is 1. The zero-order valence-electron chi connectivity index (χ0n) is 13.4. The number of piperazine rings is 1. The zero-order valence-corrected chi connectivity index (χ0v) is 13.4. The van der Waals surface area contributed by atoms with E-state index in [2.05, 4.69) is 10.6 Å². The largest absolute Gasteiger partial charge is 0.380 e. The number of nitrogens with zero attached hydrogens (tertiary/aromatic N) is 2. The summed E-state index contributed by atoms with van der Waals surface area (Å²) < 4.78 is 5.28. The van der Waals surface area contributed by atoms with Crippen LogP contribution in [0.2, 0.25) is 0 Å². The molecule has 0 spiro atoms. The molecular formula is C14H28N4O3. The van der Waals surface area contributed by atoms with E-state index in [9.17, 15) is 9.59 Å². The minimum Gasteiger partial charge on any atom is -0.380 e. The van der Waals surface area contributed by atoms with Gasteiger partial charge >= 0.3 is 0 Å². The third-order valence-electron chi connectivity index (χ3n) is 3.36. The molecule has 7 heteroatoms. The van der Waals surface area contributed by atoms with Crippen molar-refractivity contribution in [3.05, 3.63) is 0 Å². The summed E-state index contributed by atoms with van der Waals surface area (Å²) in [5, 5.41) is 5.95. The summed E-state index contributed by atoms with van der Waals surface area (Å²) in [4.78, 5) is 27.9. The van der Waals surface area contributed by atoms with E-state index >= 15 is 0 Å². The quantitative estimate of drug-likeness (QED) is 0.528. The summed E-state index contributed by atoms with van der Waals surface area (Å²) in [5.41, 5.74) is 0. The van der Waals surface area contributed by atoms with Crippen LogP contribution in [0.25, 0.3) is 0 Å². The minimum atomic E-state index is -0.417. The van der Waals surface area contributed by atoms with Gasteiger partial charge < -0.3 is 25.2 Å². The lowest BCUT2D eigenvalue weighted by Gasteiger charge is -2.32. The van der Waals surface area contributed by atoms with Crippen LogP contribution in [0, 0.1) is 0 Å². The molecule has 0 aromatic rings. The molecule has 1 aliphatic rings. The lowest BCUT2D eigenvalue weighted by Crippen LogP contribution is -2.56. The van der Waals surface area contributed by atoms with Crippen LogP contribution >= 0.6 is 0 Å². The number of nitrogens with one attached hydrogen (secondary N) is 2. The molecule has 1 fully saturated rings. The van der Waals surface area contributed by atoms with Crippen molar-refractivity contribution in [2.24, 2.45) is 0 Å². The molecular weight excluding hydrogens is 272 g/mol. The SMILES string of the molecule is CCOCCN1CCNC(CC(=O)NCCN(C)C)C1=O. The predicted octanol–water partition coefficient (Wildman–Crippen LogP) is -1.11. The molecule has 1 atom stereocenters. The van der Waals surface area contributed by atoms with Gasteiger partial charge in [0.05, 0.1) is 19.1 Å². The third-order valence-corrected chi connectivity index (χ3v) is 3.36. The van der Waals surface area contributed by atoms with E-state index in [1.54, 1.807) is 4.90 Å². The Morgan fingerprint density at radius 2 is 2.29 bits per heavy atom. The molecule has 1 saturated heterocycles. The molecule has 0 aromatic heterocycles. The first-order valence-corrected chi connectivity index (χ1v) is 7.56. The number of hydrogen-bond acceptors (Lipinski definition) is 5. The molecule has 2 N–H and O–H groups in total. The van der Waals surface area contributed by atoms with Crippen LogP contribution in [0.1, 0.15) is 13.3 Å². The van der Waals surface area contributed by atoms with Gasteiger partial charge in [-0.1, -0.05) is 0 Å². The maximum atomic E-state index is 12.3. The fraction of sp³-hybridized carbons (Fsp3) is 0.857. The van der Waals surface area contributed by atoms with Gasteiger partial charge in [0.15, 0.2) is 0 Å². The normalized spacial score (nSPS) is 19.1. The van der Waals surface area contributed by atoms with Crippen LogP contribution < -0.4 is 10.6 Å². The predicted molar refractivity (Wildman–Crippen MR) is 81.0 cm³/mol. The third kappa shape index (κ3) is 6.88. The Morgan fingerprint density at radius 1 is 1.52 bits per heavy atom. The minimum absolute atomic E-state index is 0.0105. The summed E-state index contributed by atoms with van der Waals surface area (Å²) in [7, 11) is 3.91. The first kappa shape index (κ1) is 17.9.